The van der Waals surface area contributed by atoms with E-state index in [0.29, 0.717) is 10.9 Å². The van der Waals surface area contributed by atoms with Gasteiger partial charge in [0, 0.05) is 29.1 Å². The zero-order valence-corrected chi connectivity index (χ0v) is 22.1. The number of hydrogen-bond donors (Lipinski definition) is 2. The molecule has 0 spiro atoms. The van der Waals surface area contributed by atoms with Crippen molar-refractivity contribution in [2.24, 2.45) is 0 Å². The molecular weight excluding hydrogens is 468 g/mol. The first kappa shape index (κ1) is 24.8. The molecule has 2 atom stereocenters. The first-order valence-electron chi connectivity index (χ1n) is 12.8. The second-order valence-electron chi connectivity index (χ2n) is 10.2. The fourth-order valence-corrected chi connectivity index (χ4v) is 7.18. The van der Waals surface area contributed by atoms with Crippen molar-refractivity contribution >= 4 is 20.9 Å². The average molecular weight is 504 g/mol. The number of aryl methyl sites for hydroxylation is 3. The van der Waals surface area contributed by atoms with Crippen molar-refractivity contribution in [2.75, 3.05) is 6.54 Å². The number of likely N-dealkylation sites (tertiary alicyclic amines) is 1. The van der Waals surface area contributed by atoms with E-state index < -0.39 is 10.0 Å². The van der Waals surface area contributed by atoms with Crippen LogP contribution in [0.2, 0.25) is 0 Å². The van der Waals surface area contributed by atoms with Crippen LogP contribution in [-0.4, -0.2) is 24.0 Å². The lowest BCUT2D eigenvalue weighted by molar-refractivity contribution is -0.950. The summed E-state index contributed by atoms with van der Waals surface area (Å²) in [5.74, 6) is 0. The van der Waals surface area contributed by atoms with Gasteiger partial charge in [0.2, 0.25) is 0 Å². The predicted octanol–water partition coefficient (Wildman–Crippen LogP) is 4.61. The van der Waals surface area contributed by atoms with Crippen molar-refractivity contribution in [3.8, 4) is 0 Å². The molecule has 0 amide bonds. The fourth-order valence-electron chi connectivity index (χ4n) is 5.77. The Hall–Kier alpha value is -2.93. The SMILES string of the molecule is Cc1ccc(S(=O)(=O)n2ccc3c(C[NH+]4CCCCC4c4ccc(CO)cc4)c(C)cc(C)c32)cc1. The molecule has 1 aromatic heterocycles. The number of fused-ring (bicyclic) bond motifs is 1. The predicted molar refractivity (Wildman–Crippen MR) is 144 cm³/mol. The Morgan fingerprint density at radius 2 is 1.67 bits per heavy atom. The Bertz CT molecular complexity index is 1490. The highest BCUT2D eigenvalue weighted by atomic mass is 32.2. The second kappa shape index (κ2) is 9.85. The summed E-state index contributed by atoms with van der Waals surface area (Å²) in [4.78, 5) is 1.82. The minimum absolute atomic E-state index is 0.0601. The summed E-state index contributed by atoms with van der Waals surface area (Å²) >= 11 is 0. The molecule has 2 unspecified atom stereocenters. The Kier molecular flexibility index (Phi) is 6.77. The molecule has 1 aliphatic rings. The van der Waals surface area contributed by atoms with Gasteiger partial charge in [0.25, 0.3) is 10.0 Å². The molecule has 0 radical (unpaired) electrons. The molecule has 3 aromatic carbocycles. The normalized spacial score (nSPS) is 18.6. The Morgan fingerprint density at radius 3 is 2.36 bits per heavy atom. The molecule has 4 aromatic rings. The first-order chi connectivity index (χ1) is 17.3. The highest BCUT2D eigenvalue weighted by Gasteiger charge is 2.30. The molecule has 6 heteroatoms. The standard InChI is InChI=1S/C30H34N2O3S/c1-21-7-13-26(14-8-21)36(34,35)32-17-15-27-28(22(2)18-23(3)30(27)32)19-31-16-5-4-6-29(31)25-11-9-24(20-33)10-12-25/h7-15,17-18,29,33H,4-6,16,19-20H2,1-3H3/p+1. The largest absolute Gasteiger partial charge is 0.392 e. The van der Waals surface area contributed by atoms with Crippen molar-refractivity contribution in [1.29, 1.82) is 0 Å². The van der Waals surface area contributed by atoms with E-state index in [2.05, 4.69) is 25.1 Å². The third kappa shape index (κ3) is 4.49. The van der Waals surface area contributed by atoms with Crippen LogP contribution in [0.15, 0.2) is 71.8 Å². The summed E-state index contributed by atoms with van der Waals surface area (Å²) in [5, 5.41) is 10.5. The number of benzene rings is 3. The molecule has 5 nitrogen and oxygen atoms in total. The van der Waals surface area contributed by atoms with Gasteiger partial charge in [-0.25, -0.2) is 12.4 Å². The molecule has 2 N–H and O–H groups in total. The number of aliphatic hydroxyl groups is 1. The van der Waals surface area contributed by atoms with Gasteiger partial charge >= 0.3 is 0 Å². The molecular formula is C30H35N2O3S+. The van der Waals surface area contributed by atoms with E-state index in [1.165, 1.54) is 38.4 Å². The number of aromatic nitrogens is 1. The summed E-state index contributed by atoms with van der Waals surface area (Å²) in [6, 6.07) is 19.9. The van der Waals surface area contributed by atoms with Crippen LogP contribution >= 0.6 is 0 Å². The maximum atomic E-state index is 13.6. The number of nitrogens with zero attached hydrogens (tertiary/aromatic N) is 1. The van der Waals surface area contributed by atoms with Gasteiger partial charge in [-0.3, -0.25) is 0 Å². The lowest BCUT2D eigenvalue weighted by Crippen LogP contribution is -3.11. The van der Waals surface area contributed by atoms with E-state index in [9.17, 15) is 13.5 Å². The Balaban J connectivity index is 1.55. The van der Waals surface area contributed by atoms with Crippen LogP contribution in [0, 0.1) is 20.8 Å². The van der Waals surface area contributed by atoms with Crippen LogP contribution in [0.5, 0.6) is 0 Å². The smallest absolute Gasteiger partial charge is 0.268 e. The minimum Gasteiger partial charge on any atom is -0.392 e. The van der Waals surface area contributed by atoms with Gasteiger partial charge in [0.15, 0.2) is 0 Å². The summed E-state index contributed by atoms with van der Waals surface area (Å²) in [5.41, 5.74) is 7.45. The first-order valence-corrected chi connectivity index (χ1v) is 14.2. The van der Waals surface area contributed by atoms with Gasteiger partial charge in [-0.15, -0.1) is 0 Å². The van der Waals surface area contributed by atoms with E-state index in [4.69, 9.17) is 0 Å². The molecule has 1 fully saturated rings. The van der Waals surface area contributed by atoms with Gasteiger partial charge in [-0.1, -0.05) is 48.0 Å². The van der Waals surface area contributed by atoms with E-state index in [1.54, 1.807) is 18.3 Å². The van der Waals surface area contributed by atoms with Gasteiger partial charge < -0.3 is 10.0 Å². The molecule has 0 aliphatic carbocycles. The zero-order valence-electron chi connectivity index (χ0n) is 21.3. The summed E-state index contributed by atoms with van der Waals surface area (Å²) in [6.07, 6.45) is 5.25. The number of aliphatic hydroxyl groups excluding tert-OH is 1. The minimum atomic E-state index is -3.70. The molecule has 1 aliphatic heterocycles. The maximum Gasteiger partial charge on any atom is 0.268 e. The zero-order chi connectivity index (χ0) is 25.4. The van der Waals surface area contributed by atoms with Crippen LogP contribution in [0.1, 0.15) is 58.7 Å². The highest BCUT2D eigenvalue weighted by molar-refractivity contribution is 7.90. The van der Waals surface area contributed by atoms with Crippen molar-refractivity contribution in [3.63, 3.8) is 0 Å². The summed E-state index contributed by atoms with van der Waals surface area (Å²) in [6.45, 7) is 8.09. The topological polar surface area (TPSA) is 63.7 Å². The maximum absolute atomic E-state index is 13.6. The number of hydrogen-bond acceptors (Lipinski definition) is 3. The average Bonchev–Trinajstić information content (AvgIpc) is 3.34. The number of rotatable bonds is 6. The van der Waals surface area contributed by atoms with Gasteiger partial charge in [-0.05, 0) is 68.5 Å². The lowest BCUT2D eigenvalue weighted by Gasteiger charge is -2.33. The van der Waals surface area contributed by atoms with Crippen molar-refractivity contribution in [1.82, 2.24) is 3.97 Å². The van der Waals surface area contributed by atoms with Crippen LogP contribution in [0.3, 0.4) is 0 Å². The fraction of sp³-hybridized carbons (Fsp3) is 0.333. The summed E-state index contributed by atoms with van der Waals surface area (Å²) in [7, 11) is -3.70. The molecule has 0 bridgehead atoms. The van der Waals surface area contributed by atoms with Crippen LogP contribution in [-0.2, 0) is 23.2 Å². The Labute approximate surface area is 214 Å². The van der Waals surface area contributed by atoms with Crippen molar-refractivity contribution in [2.45, 2.75) is 64.1 Å². The lowest BCUT2D eigenvalue weighted by atomic mass is 9.92. The highest BCUT2D eigenvalue weighted by Crippen LogP contribution is 2.30. The monoisotopic (exact) mass is 503 g/mol. The van der Waals surface area contributed by atoms with E-state index in [0.717, 1.165) is 47.1 Å². The number of nitrogens with one attached hydrogen (secondary N) is 1. The third-order valence-electron chi connectivity index (χ3n) is 7.74. The van der Waals surface area contributed by atoms with Gasteiger partial charge in [0.05, 0.1) is 23.6 Å². The van der Waals surface area contributed by atoms with Crippen LogP contribution in [0.25, 0.3) is 10.9 Å². The van der Waals surface area contributed by atoms with Gasteiger partial charge in [0.1, 0.15) is 12.6 Å². The van der Waals surface area contributed by atoms with E-state index in [-0.39, 0.29) is 6.61 Å². The Morgan fingerprint density at radius 1 is 0.944 bits per heavy atom. The number of quaternary nitrogens is 1. The molecule has 1 saturated heterocycles. The molecule has 36 heavy (non-hydrogen) atoms. The summed E-state index contributed by atoms with van der Waals surface area (Å²) < 4.78 is 28.6. The second-order valence-corrected chi connectivity index (χ2v) is 12.0. The van der Waals surface area contributed by atoms with Crippen LogP contribution in [0.4, 0.5) is 0 Å². The molecule has 188 valence electrons. The molecule has 2 heterocycles. The van der Waals surface area contributed by atoms with E-state index in [1.807, 2.05) is 44.2 Å². The van der Waals surface area contributed by atoms with Crippen molar-refractivity contribution < 1.29 is 18.4 Å². The van der Waals surface area contributed by atoms with Gasteiger partial charge in [-0.2, -0.15) is 0 Å². The third-order valence-corrected chi connectivity index (χ3v) is 9.43. The van der Waals surface area contributed by atoms with Crippen molar-refractivity contribution in [3.05, 3.63) is 100 Å². The van der Waals surface area contributed by atoms with Crippen LogP contribution < -0.4 is 4.90 Å². The quantitative estimate of drug-likeness (QED) is 0.404. The molecule has 0 saturated carbocycles. The number of piperidine rings is 1. The van der Waals surface area contributed by atoms with E-state index >= 15 is 0 Å². The molecule has 5 rings (SSSR count).